The van der Waals surface area contributed by atoms with Crippen LogP contribution in [0.3, 0.4) is 0 Å². The number of aliphatic carboxylic acids is 1. The zero-order valence-corrected chi connectivity index (χ0v) is 12.0. The smallest absolute Gasteiger partial charge is 0.337 e. The molecule has 2 heterocycles. The fourth-order valence-electron chi connectivity index (χ4n) is 2.22. The van der Waals surface area contributed by atoms with Crippen molar-refractivity contribution >= 4 is 23.7 Å². The van der Waals surface area contributed by atoms with E-state index >= 15 is 0 Å². The predicted molar refractivity (Wildman–Crippen MR) is 69.4 cm³/mol. The van der Waals surface area contributed by atoms with E-state index < -0.39 is 5.97 Å². The lowest BCUT2D eigenvalue weighted by atomic mass is 10.1. The highest BCUT2D eigenvalue weighted by Gasteiger charge is 2.38. The maximum absolute atomic E-state index is 12.1. The number of ether oxygens (including phenoxy) is 1. The molecule has 2 aliphatic heterocycles. The maximum atomic E-state index is 12.1. The van der Waals surface area contributed by atoms with Crippen molar-refractivity contribution < 1.29 is 19.4 Å². The van der Waals surface area contributed by atoms with E-state index in [1.54, 1.807) is 5.41 Å². The van der Waals surface area contributed by atoms with Gasteiger partial charge < -0.3 is 19.5 Å². The van der Waals surface area contributed by atoms with Gasteiger partial charge in [-0.15, -0.1) is 0 Å². The molecular formula is C13H16NO4S-. The number of carboxylic acids is 1. The second-order valence-corrected chi connectivity index (χ2v) is 5.82. The Bertz CT molecular complexity index is 481. The summed E-state index contributed by atoms with van der Waals surface area (Å²) >= 11 is 1.38. The molecular weight excluding hydrogens is 266 g/mol. The third-order valence-corrected chi connectivity index (χ3v) is 4.02. The van der Waals surface area contributed by atoms with Crippen molar-refractivity contribution in [1.82, 2.24) is 4.90 Å². The van der Waals surface area contributed by atoms with E-state index in [1.807, 2.05) is 25.7 Å². The molecule has 19 heavy (non-hydrogen) atoms. The van der Waals surface area contributed by atoms with Crippen LogP contribution in [-0.4, -0.2) is 29.5 Å². The fraction of sp³-hybridized carbons (Fsp3) is 0.538. The van der Waals surface area contributed by atoms with Gasteiger partial charge in [0.2, 0.25) is 0 Å². The molecule has 2 rings (SSSR count). The second kappa shape index (κ2) is 5.28. The molecule has 0 amide bonds. The van der Waals surface area contributed by atoms with E-state index in [4.69, 9.17) is 4.74 Å². The van der Waals surface area contributed by atoms with Crippen LogP contribution in [0.1, 0.15) is 27.2 Å². The predicted octanol–water partition coefficient (Wildman–Crippen LogP) is 0.829. The molecule has 104 valence electrons. The molecule has 2 aliphatic rings. The monoisotopic (exact) mass is 282 g/mol. The Balaban J connectivity index is 2.19. The van der Waals surface area contributed by atoms with Gasteiger partial charge in [0.05, 0.1) is 16.7 Å². The fourth-order valence-corrected chi connectivity index (χ4v) is 3.41. The van der Waals surface area contributed by atoms with Crippen molar-refractivity contribution in [2.45, 2.75) is 33.3 Å². The minimum atomic E-state index is -1.11. The molecule has 0 saturated heterocycles. The van der Waals surface area contributed by atoms with E-state index in [0.717, 1.165) is 5.03 Å². The minimum Gasteiger partial charge on any atom is -0.550 e. The van der Waals surface area contributed by atoms with Gasteiger partial charge in [-0.05, 0) is 19.3 Å². The number of fused-ring (bicyclic) bond motifs is 1. The van der Waals surface area contributed by atoms with Gasteiger partial charge in [0.25, 0.3) is 0 Å². The first-order chi connectivity index (χ1) is 8.90. The first kappa shape index (κ1) is 14.0. The van der Waals surface area contributed by atoms with Crippen LogP contribution in [0.5, 0.6) is 0 Å². The van der Waals surface area contributed by atoms with Crippen molar-refractivity contribution in [3.8, 4) is 0 Å². The number of carbonyl (C=O) groups is 2. The molecule has 0 bridgehead atoms. The summed E-state index contributed by atoms with van der Waals surface area (Å²) in [4.78, 5) is 24.6. The van der Waals surface area contributed by atoms with Crippen LogP contribution in [0.4, 0.5) is 0 Å². The Kier molecular flexibility index (Phi) is 3.89. The van der Waals surface area contributed by atoms with Crippen LogP contribution in [0.25, 0.3) is 0 Å². The maximum Gasteiger partial charge on any atom is 0.337 e. The zero-order valence-electron chi connectivity index (χ0n) is 11.1. The van der Waals surface area contributed by atoms with Gasteiger partial charge in [0, 0.05) is 30.5 Å². The lowest BCUT2D eigenvalue weighted by Gasteiger charge is -2.19. The Morgan fingerprint density at radius 1 is 1.58 bits per heavy atom. The van der Waals surface area contributed by atoms with Crippen molar-refractivity contribution in [1.29, 1.82) is 0 Å². The Morgan fingerprint density at radius 2 is 2.26 bits per heavy atom. The summed E-state index contributed by atoms with van der Waals surface area (Å²) in [6.45, 7) is 6.17. The lowest BCUT2D eigenvalue weighted by Crippen LogP contribution is -2.26. The third-order valence-electron chi connectivity index (χ3n) is 2.97. The number of rotatable bonds is 4. The average Bonchev–Trinajstić information content (AvgIpc) is 2.76. The number of hydrogen-bond acceptors (Lipinski definition) is 6. The van der Waals surface area contributed by atoms with Crippen molar-refractivity contribution in [2.24, 2.45) is 5.92 Å². The lowest BCUT2D eigenvalue weighted by molar-refractivity contribution is -0.304. The summed E-state index contributed by atoms with van der Waals surface area (Å²) in [7, 11) is 0. The Labute approximate surface area is 116 Å². The van der Waals surface area contributed by atoms with Gasteiger partial charge >= 0.3 is 5.97 Å². The second-order valence-electron chi connectivity index (χ2n) is 4.96. The Morgan fingerprint density at radius 3 is 2.84 bits per heavy atom. The van der Waals surface area contributed by atoms with Gasteiger partial charge in [0.15, 0.2) is 0 Å². The average molecular weight is 282 g/mol. The van der Waals surface area contributed by atoms with Crippen LogP contribution in [-0.2, 0) is 14.3 Å². The minimum absolute atomic E-state index is 0.0409. The summed E-state index contributed by atoms with van der Waals surface area (Å²) in [5.74, 6) is -1.38. The highest BCUT2D eigenvalue weighted by molar-refractivity contribution is 8.06. The standard InChI is InChI=1S/C13H17NO4S/c1-7(2)18-13(17)11-8(3)5-14-9(4-10(15)16)6-19-12(11)14/h6-8H,4-5H2,1-3H3,(H,15,16)/p-1. The normalized spacial score (nSPS) is 21.8. The first-order valence-electron chi connectivity index (χ1n) is 6.18. The molecule has 5 nitrogen and oxygen atoms in total. The third kappa shape index (κ3) is 2.78. The van der Waals surface area contributed by atoms with E-state index in [9.17, 15) is 14.7 Å². The quantitative estimate of drug-likeness (QED) is 0.711. The Hall–Kier alpha value is -1.43. The zero-order chi connectivity index (χ0) is 14.2. The van der Waals surface area contributed by atoms with Crippen LogP contribution in [0.15, 0.2) is 21.7 Å². The molecule has 0 spiro atoms. The molecule has 0 aromatic rings. The van der Waals surface area contributed by atoms with Gasteiger partial charge in [-0.3, -0.25) is 0 Å². The van der Waals surface area contributed by atoms with Crippen molar-refractivity contribution in [3.63, 3.8) is 0 Å². The largest absolute Gasteiger partial charge is 0.550 e. The van der Waals surface area contributed by atoms with Crippen LogP contribution in [0.2, 0.25) is 0 Å². The molecule has 1 unspecified atom stereocenters. The van der Waals surface area contributed by atoms with Gasteiger partial charge in [-0.1, -0.05) is 18.7 Å². The van der Waals surface area contributed by atoms with Crippen LogP contribution in [0, 0.1) is 5.92 Å². The molecule has 0 N–H and O–H groups in total. The SMILES string of the molecule is CC(C)OC(=O)C1=C2SC=C(CC(=O)[O-])N2CC1C. The molecule has 0 aliphatic carbocycles. The van der Waals surface area contributed by atoms with Crippen molar-refractivity contribution in [3.05, 3.63) is 21.7 Å². The molecule has 0 saturated carbocycles. The molecule has 1 atom stereocenters. The van der Waals surface area contributed by atoms with E-state index in [2.05, 4.69) is 0 Å². The van der Waals surface area contributed by atoms with E-state index in [0.29, 0.717) is 17.8 Å². The van der Waals surface area contributed by atoms with Gasteiger partial charge in [-0.25, -0.2) is 4.79 Å². The number of hydrogen-bond donors (Lipinski definition) is 0. The molecule has 0 aromatic carbocycles. The summed E-state index contributed by atoms with van der Waals surface area (Å²) in [5.41, 5.74) is 1.32. The number of esters is 1. The molecule has 0 radical (unpaired) electrons. The molecule has 6 heteroatoms. The molecule has 0 aromatic heterocycles. The van der Waals surface area contributed by atoms with Gasteiger partial charge in [-0.2, -0.15) is 0 Å². The van der Waals surface area contributed by atoms with Crippen molar-refractivity contribution in [2.75, 3.05) is 6.54 Å². The number of thioether (sulfide) groups is 1. The number of nitrogens with zero attached hydrogens (tertiary/aromatic N) is 1. The number of carboxylic acid groups (broad SMARTS) is 1. The topological polar surface area (TPSA) is 69.7 Å². The number of carbonyl (C=O) groups excluding carboxylic acids is 2. The van der Waals surface area contributed by atoms with Crippen LogP contribution >= 0.6 is 11.8 Å². The summed E-state index contributed by atoms with van der Waals surface area (Å²) in [6.07, 6.45) is -0.292. The van der Waals surface area contributed by atoms with Crippen LogP contribution < -0.4 is 5.11 Å². The highest BCUT2D eigenvalue weighted by atomic mass is 32.2. The first-order valence-corrected chi connectivity index (χ1v) is 7.06. The van der Waals surface area contributed by atoms with E-state index in [-0.39, 0.29) is 24.4 Å². The van der Waals surface area contributed by atoms with Gasteiger partial charge in [0.1, 0.15) is 0 Å². The highest BCUT2D eigenvalue weighted by Crippen LogP contribution is 2.45. The summed E-state index contributed by atoms with van der Waals surface area (Å²) in [6, 6.07) is 0. The summed E-state index contributed by atoms with van der Waals surface area (Å²) < 4.78 is 5.24. The molecule has 0 fully saturated rings. The van der Waals surface area contributed by atoms with E-state index in [1.165, 1.54) is 11.8 Å². The summed E-state index contributed by atoms with van der Waals surface area (Å²) in [5, 5.41) is 13.3.